The van der Waals surface area contributed by atoms with Crippen molar-refractivity contribution in [2.45, 2.75) is 32.3 Å². The summed E-state index contributed by atoms with van der Waals surface area (Å²) in [4.78, 5) is 8.01. The van der Waals surface area contributed by atoms with Crippen molar-refractivity contribution in [3.8, 4) is 11.1 Å². The van der Waals surface area contributed by atoms with E-state index in [0.29, 0.717) is 11.6 Å². The lowest BCUT2D eigenvalue weighted by Crippen LogP contribution is -1.88. The van der Waals surface area contributed by atoms with Crippen LogP contribution in [0.3, 0.4) is 0 Å². The molecule has 1 aliphatic carbocycles. The number of aliphatic hydroxyl groups is 1. The Kier molecular flexibility index (Phi) is 2.44. The third-order valence-corrected chi connectivity index (χ3v) is 3.84. The van der Waals surface area contributed by atoms with E-state index in [-0.39, 0.29) is 6.61 Å². The lowest BCUT2D eigenvalue weighted by atomic mass is 10.0. The molecule has 5 heteroatoms. The highest BCUT2D eigenvalue weighted by atomic mass is 16.5. The Balaban J connectivity index is 1.85. The van der Waals surface area contributed by atoms with Crippen LogP contribution >= 0.6 is 0 Å². The SMILES string of the molecule is Cc1onc(CO)c1-c1ccc2nc(C3CC3)[nH]c2c1. The van der Waals surface area contributed by atoms with Gasteiger partial charge >= 0.3 is 0 Å². The quantitative estimate of drug-likeness (QED) is 0.766. The second-order valence-electron chi connectivity index (χ2n) is 5.35. The average Bonchev–Trinajstić information content (AvgIpc) is 3.11. The second-order valence-corrected chi connectivity index (χ2v) is 5.35. The largest absolute Gasteiger partial charge is 0.390 e. The first-order valence-electron chi connectivity index (χ1n) is 6.82. The fraction of sp³-hybridized carbons (Fsp3) is 0.333. The molecule has 0 aliphatic heterocycles. The summed E-state index contributed by atoms with van der Waals surface area (Å²) in [6, 6.07) is 6.05. The number of rotatable bonds is 3. The van der Waals surface area contributed by atoms with Crippen molar-refractivity contribution in [3.63, 3.8) is 0 Å². The van der Waals surface area contributed by atoms with Crippen LogP contribution in [0.15, 0.2) is 22.7 Å². The van der Waals surface area contributed by atoms with Crippen LogP contribution < -0.4 is 0 Å². The van der Waals surface area contributed by atoms with Gasteiger partial charge in [0.05, 0.1) is 17.6 Å². The maximum atomic E-state index is 9.35. The van der Waals surface area contributed by atoms with E-state index in [4.69, 9.17) is 4.52 Å². The normalized spacial score (nSPS) is 15.1. The van der Waals surface area contributed by atoms with Crippen molar-refractivity contribution in [3.05, 3.63) is 35.5 Å². The maximum absolute atomic E-state index is 9.35. The van der Waals surface area contributed by atoms with Gasteiger partial charge in [-0.1, -0.05) is 11.2 Å². The summed E-state index contributed by atoms with van der Waals surface area (Å²) in [6.45, 7) is 1.73. The van der Waals surface area contributed by atoms with Crippen LogP contribution in [0.2, 0.25) is 0 Å². The first-order valence-corrected chi connectivity index (χ1v) is 6.82. The topological polar surface area (TPSA) is 74.9 Å². The van der Waals surface area contributed by atoms with Gasteiger partial charge in [0.2, 0.25) is 0 Å². The van der Waals surface area contributed by atoms with Crippen molar-refractivity contribution in [2.75, 3.05) is 0 Å². The van der Waals surface area contributed by atoms with Crippen molar-refractivity contribution < 1.29 is 9.63 Å². The summed E-state index contributed by atoms with van der Waals surface area (Å²) < 4.78 is 5.17. The van der Waals surface area contributed by atoms with E-state index < -0.39 is 0 Å². The van der Waals surface area contributed by atoms with Crippen LogP contribution in [-0.2, 0) is 6.61 Å². The minimum atomic E-state index is -0.124. The third kappa shape index (κ3) is 1.74. The molecule has 1 aromatic carbocycles. The zero-order chi connectivity index (χ0) is 13.7. The molecule has 2 heterocycles. The molecule has 3 aromatic rings. The van der Waals surface area contributed by atoms with Gasteiger partial charge < -0.3 is 14.6 Å². The zero-order valence-corrected chi connectivity index (χ0v) is 11.2. The fourth-order valence-corrected chi connectivity index (χ4v) is 2.63. The monoisotopic (exact) mass is 269 g/mol. The zero-order valence-electron chi connectivity index (χ0n) is 11.2. The molecular formula is C15H15N3O2. The number of aliphatic hydroxyl groups excluding tert-OH is 1. The molecule has 0 atom stereocenters. The number of benzene rings is 1. The van der Waals surface area contributed by atoms with Gasteiger partial charge in [-0.25, -0.2) is 4.98 Å². The van der Waals surface area contributed by atoms with Crippen LogP contribution in [0.5, 0.6) is 0 Å². The molecule has 0 bridgehead atoms. The lowest BCUT2D eigenvalue weighted by Gasteiger charge is -2.00. The van der Waals surface area contributed by atoms with Gasteiger partial charge in [-0.05, 0) is 37.5 Å². The molecule has 0 amide bonds. The van der Waals surface area contributed by atoms with Crippen molar-refractivity contribution in [1.29, 1.82) is 0 Å². The van der Waals surface area contributed by atoms with E-state index in [2.05, 4.69) is 15.1 Å². The van der Waals surface area contributed by atoms with E-state index in [0.717, 1.165) is 33.7 Å². The van der Waals surface area contributed by atoms with Crippen LogP contribution in [0.25, 0.3) is 22.2 Å². The maximum Gasteiger partial charge on any atom is 0.141 e. The van der Waals surface area contributed by atoms with Crippen molar-refractivity contribution >= 4 is 11.0 Å². The Morgan fingerprint density at radius 1 is 1.40 bits per heavy atom. The standard InChI is InChI=1S/C15H15N3O2/c1-8-14(13(7-19)18-20-8)10-4-5-11-12(6-10)17-15(16-11)9-2-3-9/h4-6,9,19H,2-3,7H2,1H3,(H,16,17). The van der Waals surface area contributed by atoms with Crippen LogP contribution in [0.4, 0.5) is 0 Å². The number of fused-ring (bicyclic) bond motifs is 1. The summed E-state index contributed by atoms with van der Waals surface area (Å²) in [6.07, 6.45) is 2.46. The molecule has 0 saturated heterocycles. The molecular weight excluding hydrogens is 254 g/mol. The van der Waals surface area contributed by atoms with Gasteiger partial charge in [0.25, 0.3) is 0 Å². The molecule has 5 nitrogen and oxygen atoms in total. The molecule has 102 valence electrons. The Hall–Kier alpha value is -2.14. The minimum absolute atomic E-state index is 0.124. The molecule has 1 fully saturated rings. The second kappa shape index (κ2) is 4.18. The molecule has 2 N–H and O–H groups in total. The molecule has 0 spiro atoms. The smallest absolute Gasteiger partial charge is 0.141 e. The highest BCUT2D eigenvalue weighted by Gasteiger charge is 2.26. The summed E-state index contributed by atoms with van der Waals surface area (Å²) in [5.41, 5.74) is 4.44. The Morgan fingerprint density at radius 2 is 2.25 bits per heavy atom. The molecule has 0 radical (unpaired) electrons. The van der Waals surface area contributed by atoms with Gasteiger partial charge in [0, 0.05) is 11.5 Å². The number of hydrogen-bond donors (Lipinski definition) is 2. The van der Waals surface area contributed by atoms with Gasteiger partial charge in [0.1, 0.15) is 17.3 Å². The number of nitrogens with one attached hydrogen (secondary N) is 1. The minimum Gasteiger partial charge on any atom is -0.390 e. The third-order valence-electron chi connectivity index (χ3n) is 3.84. The number of nitrogens with zero attached hydrogens (tertiary/aromatic N) is 2. The Morgan fingerprint density at radius 3 is 3.00 bits per heavy atom. The average molecular weight is 269 g/mol. The summed E-state index contributed by atoms with van der Waals surface area (Å²) in [7, 11) is 0. The van der Waals surface area contributed by atoms with Crippen LogP contribution in [-0.4, -0.2) is 20.2 Å². The molecule has 20 heavy (non-hydrogen) atoms. The van der Waals surface area contributed by atoms with Crippen molar-refractivity contribution in [1.82, 2.24) is 15.1 Å². The number of aromatic nitrogens is 3. The van der Waals surface area contributed by atoms with Crippen LogP contribution in [0, 0.1) is 6.92 Å². The Bertz CT molecular complexity index is 784. The van der Waals surface area contributed by atoms with Gasteiger partial charge in [-0.3, -0.25) is 0 Å². The molecule has 1 saturated carbocycles. The van der Waals surface area contributed by atoms with Gasteiger partial charge in [0.15, 0.2) is 0 Å². The Labute approximate surface area is 115 Å². The number of hydrogen-bond acceptors (Lipinski definition) is 4. The van der Waals surface area contributed by atoms with E-state index in [1.165, 1.54) is 12.8 Å². The highest BCUT2D eigenvalue weighted by molar-refractivity contribution is 5.83. The molecule has 2 aromatic heterocycles. The van der Waals surface area contributed by atoms with E-state index in [1.54, 1.807) is 0 Å². The lowest BCUT2D eigenvalue weighted by molar-refractivity contribution is 0.266. The summed E-state index contributed by atoms with van der Waals surface area (Å²) >= 11 is 0. The van der Waals surface area contributed by atoms with Gasteiger partial charge in [-0.2, -0.15) is 0 Å². The number of aryl methyl sites for hydroxylation is 1. The van der Waals surface area contributed by atoms with E-state index in [9.17, 15) is 5.11 Å². The fourth-order valence-electron chi connectivity index (χ4n) is 2.63. The van der Waals surface area contributed by atoms with E-state index >= 15 is 0 Å². The first-order chi connectivity index (χ1) is 9.76. The van der Waals surface area contributed by atoms with Gasteiger partial charge in [-0.15, -0.1) is 0 Å². The number of H-pyrrole nitrogens is 1. The summed E-state index contributed by atoms with van der Waals surface area (Å²) in [5, 5.41) is 13.2. The van der Waals surface area contributed by atoms with E-state index in [1.807, 2.05) is 25.1 Å². The predicted octanol–water partition coefficient (Wildman–Crippen LogP) is 2.90. The first kappa shape index (κ1) is 11.7. The molecule has 0 unspecified atom stereocenters. The number of aromatic amines is 1. The predicted molar refractivity (Wildman–Crippen MR) is 74.2 cm³/mol. The summed E-state index contributed by atoms with van der Waals surface area (Å²) in [5.74, 6) is 2.41. The molecule has 4 rings (SSSR count). The highest BCUT2D eigenvalue weighted by Crippen LogP contribution is 2.39. The number of imidazole rings is 1. The van der Waals surface area contributed by atoms with Crippen molar-refractivity contribution in [2.24, 2.45) is 0 Å². The van der Waals surface area contributed by atoms with Crippen LogP contribution in [0.1, 0.15) is 36.0 Å². The molecule has 1 aliphatic rings.